The van der Waals surface area contributed by atoms with Gasteiger partial charge in [0.15, 0.2) is 0 Å². The summed E-state index contributed by atoms with van der Waals surface area (Å²) >= 11 is 0. The number of rotatable bonds is 3. The second-order valence-corrected chi connectivity index (χ2v) is 4.17. The number of nitrogens with one attached hydrogen (secondary N) is 1. The molecule has 1 aliphatic rings. The number of ether oxygens (including phenoxy) is 1. The first-order valence-electron chi connectivity index (χ1n) is 5.58. The van der Waals surface area contributed by atoms with E-state index in [1.807, 2.05) is 0 Å². The molecule has 18 heavy (non-hydrogen) atoms. The highest BCUT2D eigenvalue weighted by atomic mass is 19.1. The maximum atomic E-state index is 13.6. The van der Waals surface area contributed by atoms with Gasteiger partial charge in [-0.1, -0.05) is 0 Å². The molecule has 1 aromatic carbocycles. The summed E-state index contributed by atoms with van der Waals surface area (Å²) in [6.45, 7) is 1.79. The van der Waals surface area contributed by atoms with Gasteiger partial charge in [0.1, 0.15) is 17.5 Å². The zero-order valence-corrected chi connectivity index (χ0v) is 9.73. The van der Waals surface area contributed by atoms with Crippen LogP contribution < -0.4 is 5.32 Å². The molecule has 0 atom stereocenters. The van der Waals surface area contributed by atoms with Crippen LogP contribution in [0.15, 0.2) is 12.1 Å². The Balaban J connectivity index is 2.28. The van der Waals surface area contributed by atoms with Crippen molar-refractivity contribution in [3.05, 3.63) is 35.1 Å². The van der Waals surface area contributed by atoms with E-state index in [4.69, 9.17) is 0 Å². The van der Waals surface area contributed by atoms with Gasteiger partial charge in [0.25, 0.3) is 0 Å². The number of carbonyl (C=O) groups excluding carboxylic acids is 1. The summed E-state index contributed by atoms with van der Waals surface area (Å²) in [7, 11) is 0. The second kappa shape index (κ2) is 4.51. The fourth-order valence-corrected chi connectivity index (χ4v) is 1.92. The predicted octanol–water partition coefficient (Wildman–Crippen LogP) is 2.84. The quantitative estimate of drug-likeness (QED) is 0.906. The van der Waals surface area contributed by atoms with E-state index in [9.17, 15) is 18.0 Å². The Bertz CT molecular complexity index is 463. The minimum absolute atomic E-state index is 0.163. The monoisotopic (exact) mass is 259 g/mol. The molecule has 1 fully saturated rings. The van der Waals surface area contributed by atoms with E-state index in [1.165, 1.54) is 0 Å². The first-order valence-corrected chi connectivity index (χ1v) is 5.58. The average molecular weight is 259 g/mol. The molecule has 98 valence electrons. The third kappa shape index (κ3) is 2.27. The minimum Gasteiger partial charge on any atom is -0.450 e. The zero-order chi connectivity index (χ0) is 13.3. The van der Waals surface area contributed by atoms with E-state index in [0.29, 0.717) is 25.0 Å². The van der Waals surface area contributed by atoms with Gasteiger partial charge in [-0.25, -0.2) is 18.0 Å². The highest BCUT2D eigenvalue weighted by molar-refractivity contribution is 5.69. The summed E-state index contributed by atoms with van der Waals surface area (Å²) in [5, 5.41) is 2.42. The summed E-state index contributed by atoms with van der Waals surface area (Å²) < 4.78 is 44.7. The maximum Gasteiger partial charge on any atom is 0.407 e. The molecule has 1 N–H and O–H groups in total. The van der Waals surface area contributed by atoms with Gasteiger partial charge in [0.2, 0.25) is 0 Å². The Morgan fingerprint density at radius 2 is 1.89 bits per heavy atom. The molecule has 6 heteroatoms. The van der Waals surface area contributed by atoms with E-state index < -0.39 is 29.1 Å². The van der Waals surface area contributed by atoms with Crippen molar-refractivity contribution in [3.63, 3.8) is 0 Å². The zero-order valence-electron chi connectivity index (χ0n) is 9.73. The van der Waals surface area contributed by atoms with Crippen molar-refractivity contribution in [2.45, 2.75) is 25.3 Å². The summed E-state index contributed by atoms with van der Waals surface area (Å²) in [5.41, 5.74) is -1.41. The van der Waals surface area contributed by atoms with Crippen LogP contribution >= 0.6 is 0 Å². The Morgan fingerprint density at radius 3 is 2.33 bits per heavy atom. The van der Waals surface area contributed by atoms with E-state index in [-0.39, 0.29) is 12.2 Å². The lowest BCUT2D eigenvalue weighted by molar-refractivity contribution is 0.146. The van der Waals surface area contributed by atoms with Crippen LogP contribution in [0, 0.1) is 17.5 Å². The van der Waals surface area contributed by atoms with Crippen LogP contribution in [0.2, 0.25) is 0 Å². The Hall–Kier alpha value is -1.72. The summed E-state index contributed by atoms with van der Waals surface area (Å²) in [4.78, 5) is 11.3. The third-order valence-electron chi connectivity index (χ3n) is 2.85. The van der Waals surface area contributed by atoms with E-state index >= 15 is 0 Å². The van der Waals surface area contributed by atoms with Crippen molar-refractivity contribution in [1.82, 2.24) is 5.32 Å². The topological polar surface area (TPSA) is 38.3 Å². The standard InChI is InChI=1S/C12H12F3NO2/c1-2-18-11(17)16-12(3-4-12)10-8(14)5-7(13)6-9(10)15/h5-6H,2-4H2,1H3,(H,16,17). The summed E-state index contributed by atoms with van der Waals surface area (Å²) in [6.07, 6.45) is 0.0504. The van der Waals surface area contributed by atoms with E-state index in [2.05, 4.69) is 10.1 Å². The molecule has 0 bridgehead atoms. The molecular formula is C12H12F3NO2. The van der Waals surface area contributed by atoms with Gasteiger partial charge in [0.05, 0.1) is 12.1 Å². The fourth-order valence-electron chi connectivity index (χ4n) is 1.92. The normalized spacial score (nSPS) is 16.2. The van der Waals surface area contributed by atoms with Gasteiger partial charge in [0, 0.05) is 17.7 Å². The molecule has 1 aromatic rings. The Kier molecular flexibility index (Phi) is 3.19. The molecule has 0 aliphatic heterocycles. The van der Waals surface area contributed by atoms with Crippen molar-refractivity contribution in [2.75, 3.05) is 6.61 Å². The van der Waals surface area contributed by atoms with Crippen molar-refractivity contribution in [3.8, 4) is 0 Å². The van der Waals surface area contributed by atoms with E-state index in [1.54, 1.807) is 6.92 Å². The third-order valence-corrected chi connectivity index (χ3v) is 2.85. The smallest absolute Gasteiger partial charge is 0.407 e. The molecule has 1 saturated carbocycles. The average Bonchev–Trinajstić information content (AvgIpc) is 2.96. The van der Waals surface area contributed by atoms with Crippen molar-refractivity contribution >= 4 is 6.09 Å². The minimum atomic E-state index is -1.10. The van der Waals surface area contributed by atoms with Crippen LogP contribution in [-0.2, 0) is 10.3 Å². The highest BCUT2D eigenvalue weighted by Crippen LogP contribution is 2.47. The largest absolute Gasteiger partial charge is 0.450 e. The lowest BCUT2D eigenvalue weighted by Crippen LogP contribution is -2.36. The van der Waals surface area contributed by atoms with Crippen molar-refractivity contribution < 1.29 is 22.7 Å². The van der Waals surface area contributed by atoms with Gasteiger partial charge in [-0.05, 0) is 19.8 Å². The molecule has 0 aromatic heterocycles. The lowest BCUT2D eigenvalue weighted by Gasteiger charge is -2.18. The first kappa shape index (κ1) is 12.7. The van der Waals surface area contributed by atoms with Crippen LogP contribution in [0.1, 0.15) is 25.3 Å². The molecule has 0 saturated heterocycles. The number of hydrogen-bond acceptors (Lipinski definition) is 2. The number of benzene rings is 1. The number of alkyl carbamates (subject to hydrolysis) is 1. The number of hydrogen-bond donors (Lipinski definition) is 1. The van der Waals surface area contributed by atoms with Crippen LogP contribution in [0.5, 0.6) is 0 Å². The Morgan fingerprint density at radius 1 is 1.33 bits per heavy atom. The van der Waals surface area contributed by atoms with Crippen LogP contribution in [0.25, 0.3) is 0 Å². The summed E-state index contributed by atoms with van der Waals surface area (Å²) in [6, 6.07) is 1.20. The van der Waals surface area contributed by atoms with E-state index in [0.717, 1.165) is 0 Å². The van der Waals surface area contributed by atoms with Gasteiger partial charge in [-0.3, -0.25) is 0 Å². The molecule has 0 spiro atoms. The molecule has 1 aliphatic carbocycles. The number of amides is 1. The molecule has 0 heterocycles. The molecular weight excluding hydrogens is 247 g/mol. The van der Waals surface area contributed by atoms with Crippen molar-refractivity contribution in [1.29, 1.82) is 0 Å². The Labute approximate surface area is 102 Å². The van der Waals surface area contributed by atoms with Gasteiger partial charge in [-0.15, -0.1) is 0 Å². The van der Waals surface area contributed by atoms with Gasteiger partial charge < -0.3 is 10.1 Å². The van der Waals surface area contributed by atoms with Gasteiger partial charge in [-0.2, -0.15) is 0 Å². The highest BCUT2D eigenvalue weighted by Gasteiger charge is 2.49. The molecule has 0 unspecified atom stereocenters. The maximum absolute atomic E-state index is 13.6. The lowest BCUT2D eigenvalue weighted by atomic mass is 10.0. The van der Waals surface area contributed by atoms with Crippen molar-refractivity contribution in [2.24, 2.45) is 0 Å². The van der Waals surface area contributed by atoms with Crippen LogP contribution in [0.4, 0.5) is 18.0 Å². The molecule has 3 nitrogen and oxygen atoms in total. The molecule has 0 radical (unpaired) electrons. The SMILES string of the molecule is CCOC(=O)NC1(c2c(F)cc(F)cc2F)CC1. The van der Waals surface area contributed by atoms with Crippen LogP contribution in [0.3, 0.4) is 0 Å². The van der Waals surface area contributed by atoms with Crippen LogP contribution in [-0.4, -0.2) is 12.7 Å². The number of halogens is 3. The number of carbonyl (C=O) groups is 1. The molecule has 1 amide bonds. The first-order chi connectivity index (χ1) is 8.48. The molecule has 2 rings (SSSR count). The summed E-state index contributed by atoms with van der Waals surface area (Å²) in [5.74, 6) is -2.98. The predicted molar refractivity (Wildman–Crippen MR) is 57.4 cm³/mol. The van der Waals surface area contributed by atoms with Gasteiger partial charge >= 0.3 is 6.09 Å². The second-order valence-electron chi connectivity index (χ2n) is 4.17. The fraction of sp³-hybridized carbons (Fsp3) is 0.417.